The van der Waals surface area contributed by atoms with E-state index < -0.39 is 0 Å². The van der Waals surface area contributed by atoms with Crippen LogP contribution in [0.25, 0.3) is 32.3 Å². The summed E-state index contributed by atoms with van der Waals surface area (Å²) in [6.07, 6.45) is 5.22. The highest BCUT2D eigenvalue weighted by Crippen LogP contribution is 2.33. The molecule has 1 aliphatic carbocycles. The highest BCUT2D eigenvalue weighted by molar-refractivity contribution is 6.08. The van der Waals surface area contributed by atoms with E-state index in [4.69, 9.17) is 5.26 Å². The normalized spacial score (nSPS) is 13.0. The summed E-state index contributed by atoms with van der Waals surface area (Å²) in [5.41, 5.74) is 3.17. The first kappa shape index (κ1) is 18.7. The van der Waals surface area contributed by atoms with Gasteiger partial charge in [0.25, 0.3) is 0 Å². The van der Waals surface area contributed by atoms with Crippen LogP contribution in [-0.4, -0.2) is 5.26 Å². The van der Waals surface area contributed by atoms with Crippen LogP contribution < -0.4 is 4.89 Å². The summed E-state index contributed by atoms with van der Waals surface area (Å²) in [6.45, 7) is 0. The molecule has 2 heteroatoms. The van der Waals surface area contributed by atoms with Gasteiger partial charge >= 0.3 is 0 Å². The average Bonchev–Trinajstić information content (AvgIpc) is 2.83. The minimum Gasteiger partial charge on any atom is -0.340 e. The number of fused-ring (bicyclic) bond motifs is 6. The first-order chi connectivity index (χ1) is 14.8. The molecule has 0 fully saturated rings. The van der Waals surface area contributed by atoms with Crippen LogP contribution >= 0.6 is 0 Å². The van der Waals surface area contributed by atoms with Crippen molar-refractivity contribution in [2.75, 3.05) is 0 Å². The molecule has 5 aromatic rings. The largest absolute Gasteiger partial charge is 0.340 e. The number of hydrogen-bond acceptors (Lipinski definition) is 2. The summed E-state index contributed by atoms with van der Waals surface area (Å²) >= 11 is 0. The predicted octanol–water partition coefficient (Wildman–Crippen LogP) is 7.56. The molecule has 0 unspecified atom stereocenters. The second kappa shape index (κ2) is 8.17. The fourth-order valence-electron chi connectivity index (χ4n) is 4.62. The van der Waals surface area contributed by atoms with Gasteiger partial charge in [-0.3, -0.25) is 0 Å². The molecule has 0 aromatic heterocycles. The van der Waals surface area contributed by atoms with E-state index >= 15 is 0 Å². The molecule has 1 aliphatic rings. The van der Waals surface area contributed by atoms with Gasteiger partial charge in [-0.15, -0.1) is 0 Å². The van der Waals surface area contributed by atoms with Crippen molar-refractivity contribution in [3.05, 3.63) is 102 Å². The minimum absolute atomic E-state index is 0.494. The summed E-state index contributed by atoms with van der Waals surface area (Å²) in [6, 6.07) is 31.2. The summed E-state index contributed by atoms with van der Waals surface area (Å²) < 4.78 is 0. The summed E-state index contributed by atoms with van der Waals surface area (Å²) in [5.74, 6) is 0.494. The van der Waals surface area contributed by atoms with Crippen molar-refractivity contribution in [2.24, 2.45) is 0 Å². The lowest BCUT2D eigenvalue weighted by Gasteiger charge is -2.18. The van der Waals surface area contributed by atoms with Gasteiger partial charge in [0.05, 0.1) is 0 Å². The zero-order chi connectivity index (χ0) is 20.3. The molecule has 0 atom stereocenters. The van der Waals surface area contributed by atoms with Crippen LogP contribution in [0.1, 0.15) is 24.0 Å². The molecule has 0 saturated heterocycles. The lowest BCUT2D eigenvalue weighted by molar-refractivity contribution is -0.136. The van der Waals surface area contributed by atoms with E-state index in [1.807, 2.05) is 36.4 Å². The smallest absolute Gasteiger partial charge is 0.172 e. The quantitative estimate of drug-likeness (QED) is 0.181. The van der Waals surface area contributed by atoms with Crippen molar-refractivity contribution in [3.63, 3.8) is 0 Å². The van der Waals surface area contributed by atoms with Gasteiger partial charge in [-0.1, -0.05) is 84.9 Å². The number of aryl methyl sites for hydroxylation is 2. The van der Waals surface area contributed by atoms with Crippen molar-refractivity contribution in [3.8, 4) is 5.75 Å². The molecule has 5 aromatic carbocycles. The van der Waals surface area contributed by atoms with Gasteiger partial charge in [-0.2, -0.15) is 0 Å². The maximum Gasteiger partial charge on any atom is 0.172 e. The molecule has 1 N–H and O–H groups in total. The van der Waals surface area contributed by atoms with Crippen molar-refractivity contribution < 1.29 is 10.1 Å². The predicted molar refractivity (Wildman–Crippen MR) is 125 cm³/mol. The number of hydrogen-bond donors (Lipinski definition) is 1. The van der Waals surface area contributed by atoms with Gasteiger partial charge in [0.15, 0.2) is 5.75 Å². The van der Waals surface area contributed by atoms with Crippen LogP contribution in [0.4, 0.5) is 0 Å². The third-order valence-corrected chi connectivity index (χ3v) is 6.11. The van der Waals surface area contributed by atoms with Gasteiger partial charge in [-0.05, 0) is 69.8 Å². The Morgan fingerprint density at radius 3 is 2.03 bits per heavy atom. The SMILES string of the molecule is OOc1cccc2ccccc12.c1ccc2c(c1)ccc1c3c(ccc12)CCCC3. The zero-order valence-electron chi connectivity index (χ0n) is 16.8. The van der Waals surface area contributed by atoms with Gasteiger partial charge in [-0.25, -0.2) is 5.26 Å². The second-order valence-electron chi connectivity index (χ2n) is 7.86. The van der Waals surface area contributed by atoms with E-state index in [0.717, 1.165) is 10.8 Å². The monoisotopic (exact) mass is 392 g/mol. The zero-order valence-corrected chi connectivity index (χ0v) is 16.8. The Morgan fingerprint density at radius 1 is 0.533 bits per heavy atom. The van der Waals surface area contributed by atoms with E-state index in [2.05, 4.69) is 53.4 Å². The first-order valence-corrected chi connectivity index (χ1v) is 10.6. The van der Waals surface area contributed by atoms with Gasteiger partial charge in [0.2, 0.25) is 0 Å². The first-order valence-electron chi connectivity index (χ1n) is 10.6. The van der Waals surface area contributed by atoms with E-state index in [1.54, 1.807) is 17.2 Å². The summed E-state index contributed by atoms with van der Waals surface area (Å²) in [5, 5.41) is 16.2. The Labute approximate surface area is 176 Å². The maximum absolute atomic E-state index is 8.54. The van der Waals surface area contributed by atoms with E-state index in [1.165, 1.54) is 47.2 Å². The van der Waals surface area contributed by atoms with E-state index in [-0.39, 0.29) is 0 Å². The Kier molecular flexibility index (Phi) is 5.08. The third-order valence-electron chi connectivity index (χ3n) is 6.11. The Hall–Kier alpha value is -3.36. The van der Waals surface area contributed by atoms with Crippen LogP contribution in [0.2, 0.25) is 0 Å². The van der Waals surface area contributed by atoms with Gasteiger partial charge in [0, 0.05) is 5.39 Å². The van der Waals surface area contributed by atoms with Crippen molar-refractivity contribution >= 4 is 32.3 Å². The van der Waals surface area contributed by atoms with Gasteiger partial charge in [0.1, 0.15) is 0 Å². The Morgan fingerprint density at radius 2 is 1.20 bits per heavy atom. The van der Waals surface area contributed by atoms with E-state index in [0.29, 0.717) is 5.75 Å². The molecular weight excluding hydrogens is 368 g/mol. The molecule has 2 nitrogen and oxygen atoms in total. The van der Waals surface area contributed by atoms with Crippen LogP contribution in [-0.2, 0) is 12.8 Å². The molecular formula is C28H24O2. The number of benzene rings is 5. The topological polar surface area (TPSA) is 29.5 Å². The average molecular weight is 392 g/mol. The molecule has 0 amide bonds. The fraction of sp³-hybridized carbons (Fsp3) is 0.143. The third kappa shape index (κ3) is 3.40. The molecule has 0 spiro atoms. The van der Waals surface area contributed by atoms with Crippen LogP contribution in [0.5, 0.6) is 5.75 Å². The lowest BCUT2D eigenvalue weighted by Crippen LogP contribution is -2.02. The highest BCUT2D eigenvalue weighted by Gasteiger charge is 2.13. The van der Waals surface area contributed by atoms with Crippen molar-refractivity contribution in [2.45, 2.75) is 25.7 Å². The minimum atomic E-state index is 0.494. The summed E-state index contributed by atoms with van der Waals surface area (Å²) in [4.78, 5) is 4.23. The van der Waals surface area contributed by atoms with Crippen molar-refractivity contribution in [1.29, 1.82) is 0 Å². The molecule has 148 valence electrons. The van der Waals surface area contributed by atoms with E-state index in [9.17, 15) is 0 Å². The maximum atomic E-state index is 8.54. The van der Waals surface area contributed by atoms with Crippen molar-refractivity contribution in [1.82, 2.24) is 0 Å². The molecule has 0 heterocycles. The highest BCUT2D eigenvalue weighted by atomic mass is 17.1. The fourth-order valence-corrected chi connectivity index (χ4v) is 4.62. The van der Waals surface area contributed by atoms with Gasteiger partial charge < -0.3 is 4.89 Å². The second-order valence-corrected chi connectivity index (χ2v) is 7.86. The Bertz CT molecular complexity index is 1330. The van der Waals surface area contributed by atoms with Crippen LogP contribution in [0.15, 0.2) is 91.0 Å². The standard InChI is InChI=1S/C18H16.C10H8O2/c1-3-7-15-13(5-1)9-11-18-16-8-4-2-6-14(16)10-12-17(15)18;11-12-10-7-3-5-8-4-1-2-6-9(8)10/h1,3,5,7,9-12H,2,4,6,8H2;1-7,11H. The molecule has 6 rings (SSSR count). The molecule has 30 heavy (non-hydrogen) atoms. The summed E-state index contributed by atoms with van der Waals surface area (Å²) in [7, 11) is 0. The molecule has 0 bridgehead atoms. The van der Waals surface area contributed by atoms with Crippen LogP contribution in [0, 0.1) is 0 Å². The lowest BCUT2D eigenvalue weighted by atomic mass is 9.86. The van der Waals surface area contributed by atoms with Crippen LogP contribution in [0.3, 0.4) is 0 Å². The Balaban J connectivity index is 0.000000140. The molecule has 0 radical (unpaired) electrons. The molecule has 0 saturated carbocycles. The number of rotatable bonds is 1. The molecule has 0 aliphatic heterocycles.